The van der Waals surface area contributed by atoms with Crippen LogP contribution in [0.3, 0.4) is 0 Å². The molecule has 1 fully saturated rings. The molecule has 1 aromatic rings. The van der Waals surface area contributed by atoms with Crippen LogP contribution in [0.25, 0.3) is 0 Å². The van der Waals surface area contributed by atoms with Gasteiger partial charge >= 0.3 is 0 Å². The first-order chi connectivity index (χ1) is 8.70. The van der Waals surface area contributed by atoms with Crippen LogP contribution >= 0.6 is 0 Å². The minimum atomic E-state index is 0.181. The van der Waals surface area contributed by atoms with Crippen molar-refractivity contribution in [2.45, 2.75) is 31.8 Å². The van der Waals surface area contributed by atoms with E-state index in [4.69, 9.17) is 9.26 Å². The van der Waals surface area contributed by atoms with Crippen LogP contribution in [-0.4, -0.2) is 54.9 Å². The van der Waals surface area contributed by atoms with Crippen molar-refractivity contribution in [2.75, 3.05) is 33.9 Å². The number of hydrogen-bond acceptors (Lipinski definition) is 6. The summed E-state index contributed by atoms with van der Waals surface area (Å²) in [5, 5.41) is 7.47. The van der Waals surface area contributed by atoms with Gasteiger partial charge in [-0.25, -0.2) is 0 Å². The number of hydrogen-bond donors (Lipinski definition) is 1. The number of nitrogens with one attached hydrogen (secondary N) is 1. The second kappa shape index (κ2) is 6.26. The standard InChI is InChI=1S/C12H22N4O2/c1-4-5-13-10-8-17-7-9(10)12-14-11(15-18-12)6-16(2)3/h9-10,13H,4-8H2,1-3H3. The Bertz CT molecular complexity index is 367. The molecule has 102 valence electrons. The zero-order valence-corrected chi connectivity index (χ0v) is 11.3. The topological polar surface area (TPSA) is 63.4 Å². The predicted octanol–water partition coefficient (Wildman–Crippen LogP) is 0.613. The average Bonchev–Trinajstić information content (AvgIpc) is 2.93. The molecule has 1 aromatic heterocycles. The van der Waals surface area contributed by atoms with Crippen LogP contribution in [0.15, 0.2) is 4.52 Å². The molecule has 1 aliphatic heterocycles. The van der Waals surface area contributed by atoms with Crippen molar-refractivity contribution in [3.05, 3.63) is 11.7 Å². The summed E-state index contributed by atoms with van der Waals surface area (Å²) >= 11 is 0. The first-order valence-electron chi connectivity index (χ1n) is 6.49. The zero-order chi connectivity index (χ0) is 13.0. The fraction of sp³-hybridized carbons (Fsp3) is 0.833. The van der Waals surface area contributed by atoms with Gasteiger partial charge in [0.2, 0.25) is 5.89 Å². The van der Waals surface area contributed by atoms with Crippen LogP contribution < -0.4 is 5.32 Å². The molecule has 0 saturated carbocycles. The van der Waals surface area contributed by atoms with E-state index in [-0.39, 0.29) is 12.0 Å². The van der Waals surface area contributed by atoms with Crippen LogP contribution in [0.2, 0.25) is 0 Å². The normalized spacial score (nSPS) is 24.0. The summed E-state index contributed by atoms with van der Waals surface area (Å²) in [6, 6.07) is 0.289. The number of rotatable bonds is 6. The molecule has 0 amide bonds. The highest BCUT2D eigenvalue weighted by atomic mass is 16.5. The van der Waals surface area contributed by atoms with Gasteiger partial charge in [-0.15, -0.1) is 0 Å². The molecule has 2 heterocycles. The van der Waals surface area contributed by atoms with Gasteiger partial charge < -0.3 is 19.5 Å². The maximum absolute atomic E-state index is 5.51. The Balaban J connectivity index is 1.98. The van der Waals surface area contributed by atoms with E-state index in [0.717, 1.165) is 25.4 Å². The lowest BCUT2D eigenvalue weighted by Gasteiger charge is -2.15. The van der Waals surface area contributed by atoms with Crippen molar-refractivity contribution in [2.24, 2.45) is 0 Å². The molecule has 6 nitrogen and oxygen atoms in total. The molecule has 0 aromatic carbocycles. The lowest BCUT2D eigenvalue weighted by molar-refractivity contribution is 0.184. The van der Waals surface area contributed by atoms with E-state index >= 15 is 0 Å². The van der Waals surface area contributed by atoms with Crippen LogP contribution in [0.1, 0.15) is 31.0 Å². The molecular formula is C12H22N4O2. The summed E-state index contributed by atoms with van der Waals surface area (Å²) in [4.78, 5) is 6.47. The molecule has 0 radical (unpaired) electrons. The van der Waals surface area contributed by atoms with Crippen molar-refractivity contribution in [3.63, 3.8) is 0 Å². The third-order valence-electron chi connectivity index (χ3n) is 3.00. The summed E-state index contributed by atoms with van der Waals surface area (Å²) < 4.78 is 10.9. The van der Waals surface area contributed by atoms with E-state index in [9.17, 15) is 0 Å². The second-order valence-electron chi connectivity index (χ2n) is 4.99. The lowest BCUT2D eigenvalue weighted by Crippen LogP contribution is -2.35. The van der Waals surface area contributed by atoms with Gasteiger partial charge in [-0.2, -0.15) is 4.98 Å². The summed E-state index contributed by atoms with van der Waals surface area (Å²) in [5.74, 6) is 1.61. The smallest absolute Gasteiger partial charge is 0.233 e. The van der Waals surface area contributed by atoms with E-state index in [2.05, 4.69) is 22.4 Å². The summed E-state index contributed by atoms with van der Waals surface area (Å²) in [6.45, 7) is 5.22. The highest BCUT2D eigenvalue weighted by Gasteiger charge is 2.33. The summed E-state index contributed by atoms with van der Waals surface area (Å²) in [5.41, 5.74) is 0. The monoisotopic (exact) mass is 254 g/mol. The fourth-order valence-electron chi connectivity index (χ4n) is 2.09. The van der Waals surface area contributed by atoms with Gasteiger partial charge in [0.05, 0.1) is 25.7 Å². The van der Waals surface area contributed by atoms with Crippen LogP contribution in [0, 0.1) is 0 Å². The molecule has 0 bridgehead atoms. The summed E-state index contributed by atoms with van der Waals surface area (Å²) in [7, 11) is 3.97. The van der Waals surface area contributed by atoms with Crippen molar-refractivity contribution < 1.29 is 9.26 Å². The molecule has 6 heteroatoms. The average molecular weight is 254 g/mol. The Morgan fingerprint density at radius 1 is 1.39 bits per heavy atom. The SMILES string of the molecule is CCCNC1COCC1c1nc(CN(C)C)no1. The van der Waals surface area contributed by atoms with E-state index in [1.54, 1.807) is 0 Å². The molecule has 1 N–H and O–H groups in total. The van der Waals surface area contributed by atoms with Crippen molar-refractivity contribution >= 4 is 0 Å². The molecule has 0 aliphatic carbocycles. The first kappa shape index (κ1) is 13.5. The van der Waals surface area contributed by atoms with E-state index in [1.807, 2.05) is 19.0 Å². The summed E-state index contributed by atoms with van der Waals surface area (Å²) in [6.07, 6.45) is 1.11. The highest BCUT2D eigenvalue weighted by molar-refractivity contribution is 5.02. The third kappa shape index (κ3) is 3.28. The Morgan fingerprint density at radius 2 is 2.22 bits per heavy atom. The van der Waals surface area contributed by atoms with Gasteiger partial charge in [0.1, 0.15) is 0 Å². The van der Waals surface area contributed by atoms with Gasteiger partial charge in [-0.3, -0.25) is 0 Å². The number of aromatic nitrogens is 2. The maximum Gasteiger partial charge on any atom is 0.233 e. The van der Waals surface area contributed by atoms with Gasteiger partial charge in [-0.05, 0) is 27.1 Å². The van der Waals surface area contributed by atoms with Gasteiger partial charge in [0, 0.05) is 6.04 Å². The highest BCUT2D eigenvalue weighted by Crippen LogP contribution is 2.24. The minimum Gasteiger partial charge on any atom is -0.379 e. The third-order valence-corrected chi connectivity index (χ3v) is 3.00. The van der Waals surface area contributed by atoms with Crippen LogP contribution in [0.5, 0.6) is 0 Å². The second-order valence-corrected chi connectivity index (χ2v) is 4.99. The molecular weight excluding hydrogens is 232 g/mol. The molecule has 2 atom stereocenters. The van der Waals surface area contributed by atoms with Gasteiger partial charge in [-0.1, -0.05) is 12.1 Å². The number of nitrogens with zero attached hydrogens (tertiary/aromatic N) is 3. The first-order valence-corrected chi connectivity index (χ1v) is 6.49. The predicted molar refractivity (Wildman–Crippen MR) is 67.3 cm³/mol. The molecule has 1 aliphatic rings. The Labute approximate surface area is 108 Å². The van der Waals surface area contributed by atoms with Gasteiger partial charge in [0.15, 0.2) is 5.82 Å². The zero-order valence-electron chi connectivity index (χ0n) is 11.3. The maximum atomic E-state index is 5.51. The Morgan fingerprint density at radius 3 is 2.94 bits per heavy atom. The molecule has 2 unspecified atom stereocenters. The molecule has 18 heavy (non-hydrogen) atoms. The van der Waals surface area contributed by atoms with E-state index in [1.165, 1.54) is 0 Å². The van der Waals surface area contributed by atoms with Crippen molar-refractivity contribution in [1.29, 1.82) is 0 Å². The Kier molecular flexibility index (Phi) is 4.68. The molecule has 0 spiro atoms. The largest absolute Gasteiger partial charge is 0.379 e. The lowest BCUT2D eigenvalue weighted by atomic mass is 10.0. The van der Waals surface area contributed by atoms with Crippen LogP contribution in [0.4, 0.5) is 0 Å². The van der Waals surface area contributed by atoms with E-state index in [0.29, 0.717) is 19.0 Å². The van der Waals surface area contributed by atoms with Crippen molar-refractivity contribution in [3.8, 4) is 0 Å². The van der Waals surface area contributed by atoms with Crippen molar-refractivity contribution in [1.82, 2.24) is 20.4 Å². The number of ether oxygens (including phenoxy) is 1. The molecule has 1 saturated heterocycles. The minimum absolute atomic E-state index is 0.181. The van der Waals surface area contributed by atoms with E-state index < -0.39 is 0 Å². The quantitative estimate of drug-likeness (QED) is 0.802. The van der Waals surface area contributed by atoms with Crippen LogP contribution in [-0.2, 0) is 11.3 Å². The fourth-order valence-corrected chi connectivity index (χ4v) is 2.09. The van der Waals surface area contributed by atoms with Gasteiger partial charge in [0.25, 0.3) is 0 Å². The molecule has 2 rings (SSSR count). The Hall–Kier alpha value is -0.980.